The molecule has 2 atom stereocenters. The molecule has 0 aromatic heterocycles. The van der Waals surface area contributed by atoms with Crippen LogP contribution in [-0.2, 0) is 6.61 Å². The van der Waals surface area contributed by atoms with E-state index in [2.05, 4.69) is 15.9 Å². The van der Waals surface area contributed by atoms with Crippen molar-refractivity contribution in [3.05, 3.63) is 34.9 Å². The van der Waals surface area contributed by atoms with Crippen LogP contribution in [-0.4, -0.2) is 26.8 Å². The van der Waals surface area contributed by atoms with E-state index in [0.717, 1.165) is 11.1 Å². The van der Waals surface area contributed by atoms with Crippen LogP contribution in [0, 0.1) is 6.92 Å². The molecule has 2 unspecified atom stereocenters. The van der Waals surface area contributed by atoms with Crippen LogP contribution in [0.3, 0.4) is 0 Å². The molecule has 0 aliphatic heterocycles. The van der Waals surface area contributed by atoms with E-state index >= 15 is 0 Å². The maximum Gasteiger partial charge on any atom is 0.105 e. The van der Waals surface area contributed by atoms with Gasteiger partial charge in [-0.15, -0.1) is 0 Å². The zero-order valence-electron chi connectivity index (χ0n) is 9.23. The van der Waals surface area contributed by atoms with Gasteiger partial charge in [0, 0.05) is 5.33 Å². The molecule has 4 heteroatoms. The molecular weight excluding hydrogens is 272 g/mol. The van der Waals surface area contributed by atoms with Gasteiger partial charge in [-0.3, -0.25) is 0 Å². The number of alkyl halides is 1. The first kappa shape index (κ1) is 13.6. The van der Waals surface area contributed by atoms with Gasteiger partial charge in [0.1, 0.15) is 6.10 Å². The summed E-state index contributed by atoms with van der Waals surface area (Å²) in [5, 5.41) is 29.2. The standard InChI is InChI=1S/C12H17BrO3/c1-8-6-9(7-14)2-3-10(8)12(16)11(15)4-5-13/h2-3,6,11-12,14-16H,4-5,7H2,1H3. The maximum atomic E-state index is 9.93. The number of benzene rings is 1. The van der Waals surface area contributed by atoms with Crippen molar-refractivity contribution in [3.63, 3.8) is 0 Å². The van der Waals surface area contributed by atoms with Crippen molar-refractivity contribution in [1.29, 1.82) is 0 Å². The SMILES string of the molecule is Cc1cc(CO)ccc1C(O)C(O)CCBr. The molecule has 0 amide bonds. The van der Waals surface area contributed by atoms with Crippen LogP contribution in [0.1, 0.15) is 29.2 Å². The van der Waals surface area contributed by atoms with E-state index in [9.17, 15) is 10.2 Å². The van der Waals surface area contributed by atoms with Crippen molar-refractivity contribution in [3.8, 4) is 0 Å². The molecule has 0 spiro atoms. The first-order chi connectivity index (χ1) is 7.60. The summed E-state index contributed by atoms with van der Waals surface area (Å²) < 4.78 is 0. The monoisotopic (exact) mass is 288 g/mol. The summed E-state index contributed by atoms with van der Waals surface area (Å²) >= 11 is 3.23. The Morgan fingerprint density at radius 1 is 1.31 bits per heavy atom. The van der Waals surface area contributed by atoms with Crippen LogP contribution < -0.4 is 0 Å². The van der Waals surface area contributed by atoms with Gasteiger partial charge in [0.2, 0.25) is 0 Å². The van der Waals surface area contributed by atoms with E-state index in [4.69, 9.17) is 5.11 Å². The van der Waals surface area contributed by atoms with Crippen molar-refractivity contribution in [1.82, 2.24) is 0 Å². The van der Waals surface area contributed by atoms with Gasteiger partial charge in [0.25, 0.3) is 0 Å². The normalized spacial score (nSPS) is 14.8. The summed E-state index contributed by atoms with van der Waals surface area (Å²) in [5.74, 6) is 0. The van der Waals surface area contributed by atoms with Crippen molar-refractivity contribution in [2.45, 2.75) is 32.2 Å². The smallest absolute Gasteiger partial charge is 0.105 e. The van der Waals surface area contributed by atoms with Crippen molar-refractivity contribution < 1.29 is 15.3 Å². The highest BCUT2D eigenvalue weighted by Crippen LogP contribution is 2.23. The first-order valence-electron chi connectivity index (χ1n) is 5.22. The molecule has 0 fully saturated rings. The van der Waals surface area contributed by atoms with Gasteiger partial charge in [-0.05, 0) is 30.0 Å². The molecule has 16 heavy (non-hydrogen) atoms. The molecular formula is C12H17BrO3. The number of aliphatic hydroxyl groups is 3. The summed E-state index contributed by atoms with van der Waals surface area (Å²) in [6.45, 7) is 1.85. The minimum atomic E-state index is -0.870. The van der Waals surface area contributed by atoms with E-state index in [1.54, 1.807) is 12.1 Å². The highest BCUT2D eigenvalue weighted by Gasteiger charge is 2.19. The number of aliphatic hydroxyl groups excluding tert-OH is 3. The van der Waals surface area contributed by atoms with Gasteiger partial charge < -0.3 is 15.3 Å². The second-order valence-electron chi connectivity index (χ2n) is 3.84. The molecule has 3 nitrogen and oxygen atoms in total. The number of hydrogen-bond donors (Lipinski definition) is 3. The van der Waals surface area contributed by atoms with E-state index in [1.807, 2.05) is 13.0 Å². The van der Waals surface area contributed by atoms with Gasteiger partial charge in [-0.1, -0.05) is 34.1 Å². The third kappa shape index (κ3) is 3.28. The average molecular weight is 289 g/mol. The van der Waals surface area contributed by atoms with Gasteiger partial charge in [0.05, 0.1) is 12.7 Å². The van der Waals surface area contributed by atoms with Crippen LogP contribution >= 0.6 is 15.9 Å². The molecule has 0 saturated heterocycles. The largest absolute Gasteiger partial charge is 0.392 e. The van der Waals surface area contributed by atoms with E-state index < -0.39 is 12.2 Å². The molecule has 0 aliphatic carbocycles. The summed E-state index contributed by atoms with van der Waals surface area (Å²) in [4.78, 5) is 0. The summed E-state index contributed by atoms with van der Waals surface area (Å²) in [6, 6.07) is 5.33. The molecule has 0 radical (unpaired) electrons. The Balaban J connectivity index is 2.87. The van der Waals surface area contributed by atoms with Crippen LogP contribution in [0.2, 0.25) is 0 Å². The number of halogens is 1. The third-order valence-electron chi connectivity index (χ3n) is 2.60. The quantitative estimate of drug-likeness (QED) is 0.723. The summed E-state index contributed by atoms with van der Waals surface area (Å²) in [6.07, 6.45) is -1.13. The van der Waals surface area contributed by atoms with Gasteiger partial charge >= 0.3 is 0 Å². The molecule has 0 saturated carbocycles. The Kier molecular flexibility index (Phi) is 5.41. The van der Waals surface area contributed by atoms with Gasteiger partial charge in [-0.2, -0.15) is 0 Å². The molecule has 0 heterocycles. The molecule has 1 aromatic carbocycles. The van der Waals surface area contributed by atoms with Gasteiger partial charge in [0.15, 0.2) is 0 Å². The molecule has 0 aliphatic rings. The van der Waals surface area contributed by atoms with Gasteiger partial charge in [-0.25, -0.2) is 0 Å². The average Bonchev–Trinajstić information content (AvgIpc) is 2.28. The Morgan fingerprint density at radius 2 is 2.00 bits per heavy atom. The molecule has 1 aromatic rings. The van der Waals surface area contributed by atoms with Crippen LogP contribution in [0.25, 0.3) is 0 Å². The summed E-state index contributed by atoms with van der Waals surface area (Å²) in [7, 11) is 0. The topological polar surface area (TPSA) is 60.7 Å². The Hall–Kier alpha value is -0.420. The fourth-order valence-electron chi connectivity index (χ4n) is 1.64. The maximum absolute atomic E-state index is 9.93. The summed E-state index contributed by atoms with van der Waals surface area (Å²) in [5.41, 5.74) is 2.40. The predicted octanol–water partition coefficient (Wildman–Crippen LogP) is 1.67. The fraction of sp³-hybridized carbons (Fsp3) is 0.500. The number of aryl methyl sites for hydroxylation is 1. The second kappa shape index (κ2) is 6.35. The van der Waals surface area contributed by atoms with Crippen LogP contribution in [0.4, 0.5) is 0 Å². The number of hydrogen-bond acceptors (Lipinski definition) is 3. The molecule has 3 N–H and O–H groups in total. The van der Waals surface area contributed by atoms with E-state index in [0.29, 0.717) is 17.3 Å². The highest BCUT2D eigenvalue weighted by molar-refractivity contribution is 9.09. The van der Waals surface area contributed by atoms with Crippen LogP contribution in [0.5, 0.6) is 0 Å². The Labute approximate surface area is 104 Å². The lowest BCUT2D eigenvalue weighted by Gasteiger charge is -2.19. The minimum absolute atomic E-state index is 0.0127. The second-order valence-corrected chi connectivity index (χ2v) is 4.63. The lowest BCUT2D eigenvalue weighted by Crippen LogP contribution is -2.19. The first-order valence-corrected chi connectivity index (χ1v) is 6.34. The highest BCUT2D eigenvalue weighted by atomic mass is 79.9. The lowest BCUT2D eigenvalue weighted by atomic mass is 9.96. The number of rotatable bonds is 5. The minimum Gasteiger partial charge on any atom is -0.392 e. The zero-order chi connectivity index (χ0) is 12.1. The third-order valence-corrected chi connectivity index (χ3v) is 3.06. The van der Waals surface area contributed by atoms with Crippen molar-refractivity contribution in [2.75, 3.05) is 5.33 Å². The van der Waals surface area contributed by atoms with Crippen LogP contribution in [0.15, 0.2) is 18.2 Å². The molecule has 1 rings (SSSR count). The van der Waals surface area contributed by atoms with Crippen molar-refractivity contribution in [2.24, 2.45) is 0 Å². The fourth-order valence-corrected chi connectivity index (χ4v) is 2.11. The van der Waals surface area contributed by atoms with E-state index in [1.165, 1.54) is 0 Å². The predicted molar refractivity (Wildman–Crippen MR) is 66.5 cm³/mol. The Bertz CT molecular complexity index is 341. The molecule has 0 bridgehead atoms. The zero-order valence-corrected chi connectivity index (χ0v) is 10.8. The van der Waals surface area contributed by atoms with E-state index in [-0.39, 0.29) is 6.61 Å². The Morgan fingerprint density at radius 3 is 2.50 bits per heavy atom. The molecule has 90 valence electrons. The lowest BCUT2D eigenvalue weighted by molar-refractivity contribution is 0.0170. The van der Waals surface area contributed by atoms with Crippen molar-refractivity contribution >= 4 is 15.9 Å².